The second-order valence-electron chi connectivity index (χ2n) is 8.30. The first-order valence-electron chi connectivity index (χ1n) is 10.4. The number of nitrogens with zero attached hydrogens (tertiary/aromatic N) is 1. The van der Waals surface area contributed by atoms with Crippen LogP contribution in [0.15, 0.2) is 24.3 Å². The maximum absolute atomic E-state index is 13.1. The number of amides is 2. The zero-order chi connectivity index (χ0) is 20.7. The Balaban J connectivity index is 1.47. The number of imide groups is 1. The van der Waals surface area contributed by atoms with Crippen molar-refractivity contribution in [2.75, 3.05) is 4.90 Å². The van der Waals surface area contributed by atoms with E-state index in [-0.39, 0.29) is 51.1 Å². The van der Waals surface area contributed by atoms with Crippen molar-refractivity contribution in [1.29, 1.82) is 0 Å². The van der Waals surface area contributed by atoms with Gasteiger partial charge in [-0.05, 0) is 36.8 Å². The van der Waals surface area contributed by atoms with Gasteiger partial charge in [-0.2, -0.15) is 0 Å². The van der Waals surface area contributed by atoms with Gasteiger partial charge in [-0.15, -0.1) is 0 Å². The van der Waals surface area contributed by atoms with Crippen molar-refractivity contribution in [1.82, 2.24) is 0 Å². The summed E-state index contributed by atoms with van der Waals surface area (Å²) in [7, 11) is 0. The van der Waals surface area contributed by atoms with E-state index in [2.05, 4.69) is 38.8 Å². The monoisotopic (exact) mass is 525 g/mol. The maximum Gasteiger partial charge on any atom is 0.311 e. The summed E-state index contributed by atoms with van der Waals surface area (Å²) >= 11 is 7.41. The fraction of sp³-hybridized carbons (Fsp3) is 0.591. The highest BCUT2D eigenvalue weighted by Gasteiger charge is 2.66. The number of benzene rings is 1. The van der Waals surface area contributed by atoms with Gasteiger partial charge >= 0.3 is 5.97 Å². The van der Waals surface area contributed by atoms with E-state index in [0.717, 1.165) is 32.1 Å². The lowest BCUT2D eigenvalue weighted by atomic mass is 9.81. The summed E-state index contributed by atoms with van der Waals surface area (Å²) in [5, 5.41) is 0. The Morgan fingerprint density at radius 3 is 2.34 bits per heavy atom. The second kappa shape index (κ2) is 8.50. The molecule has 1 aliphatic heterocycles. The van der Waals surface area contributed by atoms with Crippen molar-refractivity contribution < 1.29 is 19.1 Å². The van der Waals surface area contributed by atoms with Gasteiger partial charge in [-0.1, -0.05) is 64.1 Å². The number of carbonyl (C=O) groups excluding carboxylic acids is 3. The molecular weight excluding hydrogens is 502 g/mol. The van der Waals surface area contributed by atoms with E-state index in [9.17, 15) is 14.4 Å². The van der Waals surface area contributed by atoms with E-state index in [4.69, 9.17) is 4.74 Å². The van der Waals surface area contributed by atoms with Crippen LogP contribution in [0.2, 0.25) is 0 Å². The molecule has 0 radical (unpaired) electrons. The average Bonchev–Trinajstić information content (AvgIpc) is 3.30. The molecule has 6 atom stereocenters. The quantitative estimate of drug-likeness (QED) is 0.167. The molecule has 29 heavy (non-hydrogen) atoms. The summed E-state index contributed by atoms with van der Waals surface area (Å²) in [6.45, 7) is 2.13. The number of esters is 1. The van der Waals surface area contributed by atoms with Gasteiger partial charge in [0.05, 0.1) is 17.5 Å². The van der Waals surface area contributed by atoms with Crippen LogP contribution in [0.5, 0.6) is 5.75 Å². The molecule has 1 saturated heterocycles. The molecule has 2 amide bonds. The smallest absolute Gasteiger partial charge is 0.311 e. The van der Waals surface area contributed by atoms with Gasteiger partial charge in [0, 0.05) is 22.1 Å². The maximum atomic E-state index is 13.1. The standard InChI is InChI=1S/C22H25Br2NO4/c1-2-3-4-5-9-16(26)29-13-8-6-7-12(10-13)25-21(27)17-14-11-15(18(17)22(25)28)20(24)19(14)23/h6-8,10,14-15,17-20H,2-5,9,11H2,1H3/t14-,15-,17-,18-,19-,20+/m0/s1. The lowest BCUT2D eigenvalue weighted by Gasteiger charge is -2.28. The third-order valence-corrected chi connectivity index (χ3v) is 9.74. The third kappa shape index (κ3) is 3.69. The molecule has 156 valence electrons. The number of anilines is 1. The summed E-state index contributed by atoms with van der Waals surface area (Å²) < 4.78 is 5.44. The minimum Gasteiger partial charge on any atom is -0.426 e. The molecule has 0 N–H and O–H groups in total. The zero-order valence-corrected chi connectivity index (χ0v) is 19.5. The van der Waals surface area contributed by atoms with Crippen LogP contribution in [0.3, 0.4) is 0 Å². The van der Waals surface area contributed by atoms with Gasteiger partial charge in [0.15, 0.2) is 0 Å². The summed E-state index contributed by atoms with van der Waals surface area (Å²) in [6.07, 6.45) is 5.32. The van der Waals surface area contributed by atoms with Crippen LogP contribution in [0, 0.1) is 23.7 Å². The predicted octanol–water partition coefficient (Wildman–Crippen LogP) is 4.84. The fourth-order valence-corrected chi connectivity index (χ4v) is 7.04. The van der Waals surface area contributed by atoms with Gasteiger partial charge in [0.1, 0.15) is 5.75 Å². The van der Waals surface area contributed by atoms with Crippen molar-refractivity contribution in [3.63, 3.8) is 0 Å². The number of alkyl halides is 2. The highest BCUT2D eigenvalue weighted by Crippen LogP contribution is 2.60. The molecule has 7 heteroatoms. The van der Waals surface area contributed by atoms with E-state index < -0.39 is 0 Å². The van der Waals surface area contributed by atoms with Crippen molar-refractivity contribution in [2.45, 2.75) is 55.1 Å². The lowest BCUT2D eigenvalue weighted by molar-refractivity contribution is -0.134. The number of unbranched alkanes of at least 4 members (excludes halogenated alkanes) is 3. The Labute approximate surface area is 187 Å². The van der Waals surface area contributed by atoms with E-state index >= 15 is 0 Å². The topological polar surface area (TPSA) is 63.7 Å². The number of ether oxygens (including phenoxy) is 1. The average molecular weight is 527 g/mol. The Morgan fingerprint density at radius 2 is 1.72 bits per heavy atom. The van der Waals surface area contributed by atoms with Gasteiger partial charge in [0.2, 0.25) is 11.8 Å². The van der Waals surface area contributed by atoms with Crippen LogP contribution < -0.4 is 9.64 Å². The van der Waals surface area contributed by atoms with Gasteiger partial charge < -0.3 is 4.74 Å². The number of hydrogen-bond acceptors (Lipinski definition) is 4. The molecular formula is C22H25Br2NO4. The largest absolute Gasteiger partial charge is 0.426 e. The summed E-state index contributed by atoms with van der Waals surface area (Å²) in [4.78, 5) is 40.1. The molecule has 0 spiro atoms. The summed E-state index contributed by atoms with van der Waals surface area (Å²) in [5.74, 6) is -0.304. The lowest BCUT2D eigenvalue weighted by Crippen LogP contribution is -2.37. The van der Waals surface area contributed by atoms with Crippen molar-refractivity contribution in [2.24, 2.45) is 23.7 Å². The van der Waals surface area contributed by atoms with Crippen LogP contribution >= 0.6 is 31.9 Å². The molecule has 5 nitrogen and oxygen atoms in total. The summed E-state index contributed by atoms with van der Waals surface area (Å²) in [5.41, 5.74) is 0.488. The minimum atomic E-state index is -0.281. The number of halogens is 2. The Bertz CT molecular complexity index is 797. The Hall–Kier alpha value is -1.21. The first kappa shape index (κ1) is 21.0. The van der Waals surface area contributed by atoms with E-state index in [1.165, 1.54) is 4.90 Å². The number of hydrogen-bond donors (Lipinski definition) is 0. The Kier molecular flexibility index (Phi) is 6.17. The van der Waals surface area contributed by atoms with Crippen molar-refractivity contribution in [3.8, 4) is 5.75 Å². The van der Waals surface area contributed by atoms with Crippen LogP contribution in [-0.2, 0) is 14.4 Å². The van der Waals surface area contributed by atoms with E-state index in [1.807, 2.05) is 0 Å². The number of rotatable bonds is 7. The molecule has 2 saturated carbocycles. The molecule has 3 aliphatic rings. The highest BCUT2D eigenvalue weighted by atomic mass is 79.9. The molecule has 0 unspecified atom stereocenters. The van der Waals surface area contributed by atoms with Gasteiger partial charge in [0.25, 0.3) is 0 Å². The van der Waals surface area contributed by atoms with E-state index in [0.29, 0.717) is 17.9 Å². The van der Waals surface area contributed by atoms with E-state index in [1.54, 1.807) is 24.3 Å². The zero-order valence-electron chi connectivity index (χ0n) is 16.4. The fourth-order valence-electron chi connectivity index (χ4n) is 5.17. The highest BCUT2D eigenvalue weighted by molar-refractivity contribution is 9.12. The Morgan fingerprint density at radius 1 is 1.07 bits per heavy atom. The van der Waals surface area contributed by atoms with Crippen LogP contribution in [-0.4, -0.2) is 27.4 Å². The van der Waals surface area contributed by atoms with Gasteiger partial charge in [-0.25, -0.2) is 4.90 Å². The number of carbonyl (C=O) groups is 3. The molecule has 0 aromatic heterocycles. The SMILES string of the molecule is CCCCCCC(=O)Oc1cccc(N2C(=O)[C@H]3[C@@H]4C[C@H]([C@@H](Br)[C@H]4Br)[C@@H]3C2=O)c1. The minimum absolute atomic E-state index is 0.126. The van der Waals surface area contributed by atoms with Crippen molar-refractivity contribution in [3.05, 3.63) is 24.3 Å². The number of fused-ring (bicyclic) bond motifs is 5. The molecule has 1 aromatic carbocycles. The van der Waals surface area contributed by atoms with Crippen LogP contribution in [0.25, 0.3) is 0 Å². The molecule has 3 fully saturated rings. The van der Waals surface area contributed by atoms with Gasteiger partial charge in [-0.3, -0.25) is 14.4 Å². The second-order valence-corrected chi connectivity index (χ2v) is 10.4. The van der Waals surface area contributed by atoms with Crippen LogP contribution in [0.4, 0.5) is 5.69 Å². The third-order valence-electron chi connectivity index (χ3n) is 6.53. The van der Waals surface area contributed by atoms with Crippen LogP contribution in [0.1, 0.15) is 45.4 Å². The molecule has 2 bridgehead atoms. The molecule has 4 rings (SSSR count). The van der Waals surface area contributed by atoms with Crippen molar-refractivity contribution >= 4 is 55.3 Å². The molecule has 1 aromatic rings. The molecule has 1 heterocycles. The molecule has 2 aliphatic carbocycles. The first-order valence-corrected chi connectivity index (χ1v) is 12.2. The normalized spacial score (nSPS) is 32.7. The predicted molar refractivity (Wildman–Crippen MR) is 117 cm³/mol. The summed E-state index contributed by atoms with van der Waals surface area (Å²) in [6, 6.07) is 6.76. The first-order chi connectivity index (χ1) is 13.9.